The van der Waals surface area contributed by atoms with E-state index in [-0.39, 0.29) is 5.56 Å². The number of fused-ring (bicyclic) bond motifs is 1. The van der Waals surface area contributed by atoms with Gasteiger partial charge < -0.3 is 19.6 Å². The Bertz CT molecular complexity index is 1290. The van der Waals surface area contributed by atoms with Gasteiger partial charge >= 0.3 is 0 Å². The Labute approximate surface area is 193 Å². The molecule has 0 aliphatic carbocycles. The van der Waals surface area contributed by atoms with Crippen LogP contribution in [0.5, 0.6) is 17.2 Å². The lowest BCUT2D eigenvalue weighted by Gasteiger charge is -2.18. The third kappa shape index (κ3) is 4.13. The summed E-state index contributed by atoms with van der Waals surface area (Å²) in [5.41, 5.74) is 5.29. The number of benzene rings is 3. The molecule has 0 spiro atoms. The van der Waals surface area contributed by atoms with Crippen LogP contribution in [-0.2, 0) is 6.54 Å². The highest BCUT2D eigenvalue weighted by Gasteiger charge is 2.19. The summed E-state index contributed by atoms with van der Waals surface area (Å²) < 4.78 is 18.9. The van der Waals surface area contributed by atoms with E-state index in [1.54, 1.807) is 39.5 Å². The van der Waals surface area contributed by atoms with Crippen molar-refractivity contribution in [1.82, 2.24) is 9.66 Å². The summed E-state index contributed by atoms with van der Waals surface area (Å²) in [4.78, 5) is 18.2. The van der Waals surface area contributed by atoms with Crippen LogP contribution in [0.1, 0.15) is 5.56 Å². The van der Waals surface area contributed by atoms with E-state index in [9.17, 15) is 4.79 Å². The monoisotopic (exact) mass is 495 g/mol. The molecule has 0 atom stereocenters. The molecule has 1 N–H and O–H groups in total. The van der Waals surface area contributed by atoms with Crippen LogP contribution in [0.15, 0.2) is 69.9 Å². The Kier molecular flexibility index (Phi) is 6.32. The molecule has 0 radical (unpaired) electrons. The number of aromatic nitrogens is 2. The van der Waals surface area contributed by atoms with Gasteiger partial charge in [0, 0.05) is 10.0 Å². The van der Waals surface area contributed by atoms with Crippen LogP contribution >= 0.6 is 15.9 Å². The maximum Gasteiger partial charge on any atom is 0.280 e. The van der Waals surface area contributed by atoms with Crippen molar-refractivity contribution in [2.45, 2.75) is 6.54 Å². The van der Waals surface area contributed by atoms with Gasteiger partial charge in [-0.05, 0) is 42.0 Å². The molecule has 3 aromatic carbocycles. The third-order valence-electron chi connectivity index (χ3n) is 5.05. The van der Waals surface area contributed by atoms with Crippen LogP contribution in [0.3, 0.4) is 0 Å². The van der Waals surface area contributed by atoms with Gasteiger partial charge in [0.1, 0.15) is 0 Å². The molecule has 0 saturated carbocycles. The van der Waals surface area contributed by atoms with E-state index in [0.29, 0.717) is 46.1 Å². The Morgan fingerprint density at radius 2 is 1.59 bits per heavy atom. The van der Waals surface area contributed by atoms with Gasteiger partial charge in [0.25, 0.3) is 5.56 Å². The van der Waals surface area contributed by atoms with Gasteiger partial charge in [-0.1, -0.05) is 40.2 Å². The largest absolute Gasteiger partial charge is 0.493 e. The predicted octanol–water partition coefficient (Wildman–Crippen LogP) is 4.60. The van der Waals surface area contributed by atoms with Gasteiger partial charge in [-0.3, -0.25) is 4.79 Å². The number of halogens is 1. The van der Waals surface area contributed by atoms with Crippen molar-refractivity contribution in [1.29, 1.82) is 0 Å². The summed E-state index contributed by atoms with van der Waals surface area (Å²) in [5, 5.41) is 0.520. The minimum absolute atomic E-state index is 0.198. The van der Waals surface area contributed by atoms with Crippen LogP contribution in [0.4, 0.5) is 0 Å². The van der Waals surface area contributed by atoms with Crippen LogP contribution in [0, 0.1) is 0 Å². The predicted molar refractivity (Wildman–Crippen MR) is 128 cm³/mol. The fourth-order valence-corrected chi connectivity index (χ4v) is 3.72. The fourth-order valence-electron chi connectivity index (χ4n) is 3.46. The van der Waals surface area contributed by atoms with Gasteiger partial charge in [0.05, 0.1) is 38.8 Å². The van der Waals surface area contributed by atoms with Crippen molar-refractivity contribution >= 4 is 26.8 Å². The zero-order valence-corrected chi connectivity index (χ0v) is 19.5. The first-order valence-corrected chi connectivity index (χ1v) is 10.7. The molecule has 7 nitrogen and oxygen atoms in total. The first-order chi connectivity index (χ1) is 15.5. The topological polar surface area (TPSA) is 74.6 Å². The van der Waals surface area contributed by atoms with Crippen molar-refractivity contribution in [3.63, 3.8) is 0 Å². The first kappa shape index (κ1) is 21.7. The second kappa shape index (κ2) is 9.32. The Morgan fingerprint density at radius 1 is 0.938 bits per heavy atom. The van der Waals surface area contributed by atoms with Crippen molar-refractivity contribution in [3.8, 4) is 28.6 Å². The molecule has 4 aromatic rings. The van der Waals surface area contributed by atoms with E-state index >= 15 is 0 Å². The molecule has 0 fully saturated rings. The zero-order valence-electron chi connectivity index (χ0n) is 17.9. The number of hydrogen-bond donors (Lipinski definition) is 1. The van der Waals surface area contributed by atoms with Crippen LogP contribution in [0.2, 0.25) is 0 Å². The standard InChI is InChI=1S/C24H22BrN3O4/c1-30-20-12-16(13-21(31-2)22(20)32-3)23-27-19-7-5-4-6-18(19)24(29)28(23)26-14-15-8-10-17(25)11-9-15/h4-13,26H,14H2,1-3H3. The Morgan fingerprint density at radius 3 is 2.22 bits per heavy atom. The van der Waals surface area contributed by atoms with Crippen molar-refractivity contribution in [3.05, 3.63) is 81.1 Å². The van der Waals surface area contributed by atoms with E-state index < -0.39 is 0 Å². The van der Waals surface area contributed by atoms with Gasteiger partial charge in [-0.15, -0.1) is 0 Å². The third-order valence-corrected chi connectivity index (χ3v) is 5.58. The SMILES string of the molecule is COc1cc(-c2nc3ccccc3c(=O)n2NCc2ccc(Br)cc2)cc(OC)c1OC. The molecule has 4 rings (SSSR count). The average molecular weight is 496 g/mol. The van der Waals surface area contributed by atoms with Gasteiger partial charge in [-0.2, -0.15) is 0 Å². The van der Waals surface area contributed by atoms with E-state index in [0.717, 1.165) is 10.0 Å². The normalized spacial score (nSPS) is 10.8. The minimum Gasteiger partial charge on any atom is -0.493 e. The molecule has 0 amide bonds. The molecular weight excluding hydrogens is 474 g/mol. The lowest BCUT2D eigenvalue weighted by atomic mass is 10.1. The summed E-state index contributed by atoms with van der Waals surface area (Å²) in [5.74, 6) is 1.86. The number of nitrogens with one attached hydrogen (secondary N) is 1. The van der Waals surface area contributed by atoms with Crippen LogP contribution in [-0.4, -0.2) is 31.0 Å². The number of methoxy groups -OCH3 is 3. The smallest absolute Gasteiger partial charge is 0.280 e. The number of rotatable bonds is 7. The molecule has 32 heavy (non-hydrogen) atoms. The first-order valence-electron chi connectivity index (χ1n) is 9.86. The molecule has 1 heterocycles. The fraction of sp³-hybridized carbons (Fsp3) is 0.167. The van der Waals surface area contributed by atoms with Crippen molar-refractivity contribution < 1.29 is 14.2 Å². The summed E-state index contributed by atoms with van der Waals surface area (Å²) >= 11 is 3.44. The highest BCUT2D eigenvalue weighted by atomic mass is 79.9. The van der Waals surface area contributed by atoms with Crippen LogP contribution < -0.4 is 25.2 Å². The number of hydrogen-bond acceptors (Lipinski definition) is 6. The number of nitrogens with zero attached hydrogens (tertiary/aromatic N) is 2. The molecule has 0 bridgehead atoms. The Balaban J connectivity index is 1.89. The quantitative estimate of drug-likeness (QED) is 0.404. The lowest BCUT2D eigenvalue weighted by molar-refractivity contribution is 0.324. The van der Waals surface area contributed by atoms with E-state index in [1.807, 2.05) is 42.5 Å². The molecule has 0 aliphatic rings. The van der Waals surface area contributed by atoms with E-state index in [1.165, 1.54) is 4.68 Å². The van der Waals surface area contributed by atoms with E-state index in [2.05, 4.69) is 21.4 Å². The summed E-state index contributed by atoms with van der Waals surface area (Å²) in [6, 6.07) is 18.7. The molecule has 8 heteroatoms. The summed E-state index contributed by atoms with van der Waals surface area (Å²) in [7, 11) is 4.64. The Hall–Kier alpha value is -3.52. The maximum absolute atomic E-state index is 13.4. The highest BCUT2D eigenvalue weighted by Crippen LogP contribution is 2.40. The summed E-state index contributed by atoms with van der Waals surface area (Å²) in [6.07, 6.45) is 0. The molecule has 164 valence electrons. The molecule has 0 saturated heterocycles. The lowest BCUT2D eigenvalue weighted by Crippen LogP contribution is -2.31. The minimum atomic E-state index is -0.198. The maximum atomic E-state index is 13.4. The van der Waals surface area contributed by atoms with Gasteiger partial charge in [0.15, 0.2) is 17.3 Å². The van der Waals surface area contributed by atoms with Crippen molar-refractivity contribution in [2.24, 2.45) is 0 Å². The zero-order chi connectivity index (χ0) is 22.7. The number of ether oxygens (including phenoxy) is 3. The van der Waals surface area contributed by atoms with Gasteiger partial charge in [-0.25, -0.2) is 9.66 Å². The van der Waals surface area contributed by atoms with Crippen LogP contribution in [0.25, 0.3) is 22.3 Å². The highest BCUT2D eigenvalue weighted by molar-refractivity contribution is 9.10. The van der Waals surface area contributed by atoms with E-state index in [4.69, 9.17) is 19.2 Å². The summed E-state index contributed by atoms with van der Waals surface area (Å²) in [6.45, 7) is 0.435. The molecule has 0 unspecified atom stereocenters. The van der Waals surface area contributed by atoms with Gasteiger partial charge in [0.2, 0.25) is 5.75 Å². The second-order valence-electron chi connectivity index (χ2n) is 6.97. The molecule has 0 aliphatic heterocycles. The second-order valence-corrected chi connectivity index (χ2v) is 7.88. The molecular formula is C24H22BrN3O4. The number of para-hydroxylation sites is 1. The van der Waals surface area contributed by atoms with Crippen molar-refractivity contribution in [2.75, 3.05) is 26.8 Å². The molecule has 1 aromatic heterocycles. The average Bonchev–Trinajstić information content (AvgIpc) is 2.83.